The summed E-state index contributed by atoms with van der Waals surface area (Å²) in [4.78, 5) is 22.6. The zero-order valence-corrected chi connectivity index (χ0v) is 24.1. The molecule has 2 aromatic carbocycles. The lowest BCUT2D eigenvalue weighted by atomic mass is 10.2. The van der Waals surface area contributed by atoms with E-state index >= 15 is 0 Å². The summed E-state index contributed by atoms with van der Waals surface area (Å²) in [7, 11) is 0. The van der Waals surface area contributed by atoms with Crippen LogP contribution in [0.2, 0.25) is 0 Å². The third-order valence-corrected chi connectivity index (χ3v) is 5.93. The lowest BCUT2D eigenvalue weighted by Gasteiger charge is -2.10. The Bertz CT molecular complexity index is 956. The van der Waals surface area contributed by atoms with E-state index in [2.05, 4.69) is 13.2 Å². The molecule has 0 saturated carbocycles. The van der Waals surface area contributed by atoms with Gasteiger partial charge in [0.05, 0.1) is 26.4 Å². The first-order valence-electron chi connectivity index (χ1n) is 14.1. The zero-order chi connectivity index (χ0) is 29.0. The second-order valence-electron chi connectivity index (χ2n) is 9.76. The van der Waals surface area contributed by atoms with Crippen LogP contribution in [0.15, 0.2) is 72.8 Å². The second-order valence-corrected chi connectivity index (χ2v) is 9.76. The van der Waals surface area contributed by atoms with E-state index in [1.54, 1.807) is 13.8 Å². The summed E-state index contributed by atoms with van der Waals surface area (Å²) in [5, 5.41) is 0. The highest BCUT2D eigenvalue weighted by molar-refractivity contribution is 5.87. The van der Waals surface area contributed by atoms with Gasteiger partial charge in [-0.05, 0) is 107 Å². The molecule has 0 N–H and O–H groups in total. The number of hydrogen-bond donors (Lipinski definition) is 0. The standard InChI is InChI=1S/C33H44O7/c1-26(2)32(34)38-23-11-7-5-9-21-36-29-15-13-28(14-16-29)25-40-31-19-17-30(18-20-31)37-22-10-6-8-12-24-39-33(35)27(3)4/h13-20H,1,3,5-12,21-25H2,2,4H3. The van der Waals surface area contributed by atoms with Gasteiger partial charge in [0.25, 0.3) is 0 Å². The van der Waals surface area contributed by atoms with Gasteiger partial charge < -0.3 is 23.7 Å². The van der Waals surface area contributed by atoms with Crippen molar-refractivity contribution in [3.05, 3.63) is 78.4 Å². The van der Waals surface area contributed by atoms with Gasteiger partial charge in [0.15, 0.2) is 0 Å². The van der Waals surface area contributed by atoms with Crippen LogP contribution in [-0.2, 0) is 25.7 Å². The number of unbranched alkanes of at least 4 members (excludes halogenated alkanes) is 6. The topological polar surface area (TPSA) is 80.3 Å². The van der Waals surface area contributed by atoms with E-state index in [9.17, 15) is 9.59 Å². The van der Waals surface area contributed by atoms with Gasteiger partial charge in [-0.25, -0.2) is 9.59 Å². The summed E-state index contributed by atoms with van der Waals surface area (Å²) >= 11 is 0. The molecule has 218 valence electrons. The van der Waals surface area contributed by atoms with Crippen molar-refractivity contribution >= 4 is 11.9 Å². The Labute approximate surface area is 239 Å². The molecule has 0 radical (unpaired) electrons. The van der Waals surface area contributed by atoms with E-state index in [-0.39, 0.29) is 11.9 Å². The van der Waals surface area contributed by atoms with Gasteiger partial charge in [-0.2, -0.15) is 0 Å². The number of carbonyl (C=O) groups excluding carboxylic acids is 2. The Morgan fingerprint density at radius 2 is 0.875 bits per heavy atom. The van der Waals surface area contributed by atoms with Crippen LogP contribution in [-0.4, -0.2) is 38.4 Å². The fourth-order valence-electron chi connectivity index (χ4n) is 3.55. The molecule has 0 atom stereocenters. The Kier molecular flexibility index (Phi) is 15.7. The molecule has 0 fully saturated rings. The van der Waals surface area contributed by atoms with Gasteiger partial charge in [-0.15, -0.1) is 0 Å². The minimum atomic E-state index is -0.323. The number of rotatable bonds is 21. The van der Waals surface area contributed by atoms with Gasteiger partial charge in [0.2, 0.25) is 0 Å². The molecule has 0 aliphatic carbocycles. The first kappa shape index (κ1) is 32.5. The molecular weight excluding hydrogens is 508 g/mol. The maximum absolute atomic E-state index is 11.3. The van der Waals surface area contributed by atoms with Crippen molar-refractivity contribution in [1.82, 2.24) is 0 Å². The molecule has 0 heterocycles. The molecule has 2 rings (SSSR count). The number of ether oxygens (including phenoxy) is 5. The molecule has 7 nitrogen and oxygen atoms in total. The lowest BCUT2D eigenvalue weighted by Crippen LogP contribution is -2.06. The number of hydrogen-bond acceptors (Lipinski definition) is 7. The Morgan fingerprint density at radius 3 is 1.27 bits per heavy atom. The SMILES string of the molecule is C=C(C)C(=O)OCCCCCCOc1ccc(COc2ccc(OCCCCCCOC(=O)C(=C)C)cc2)cc1. The van der Waals surface area contributed by atoms with Crippen LogP contribution < -0.4 is 14.2 Å². The summed E-state index contributed by atoms with van der Waals surface area (Å²) in [5.41, 5.74) is 1.93. The van der Waals surface area contributed by atoms with Crippen LogP contribution in [0, 0.1) is 0 Å². The van der Waals surface area contributed by atoms with E-state index in [0.29, 0.717) is 44.2 Å². The fourth-order valence-corrected chi connectivity index (χ4v) is 3.55. The minimum absolute atomic E-state index is 0.322. The van der Waals surface area contributed by atoms with Crippen molar-refractivity contribution in [1.29, 1.82) is 0 Å². The lowest BCUT2D eigenvalue weighted by molar-refractivity contribution is -0.139. The van der Waals surface area contributed by atoms with Gasteiger partial charge in [-0.3, -0.25) is 0 Å². The highest BCUT2D eigenvalue weighted by atomic mass is 16.5. The van der Waals surface area contributed by atoms with Crippen molar-refractivity contribution < 1.29 is 33.3 Å². The average Bonchev–Trinajstić information content (AvgIpc) is 2.95. The van der Waals surface area contributed by atoms with Crippen molar-refractivity contribution in [2.24, 2.45) is 0 Å². The largest absolute Gasteiger partial charge is 0.494 e. The molecule has 40 heavy (non-hydrogen) atoms. The summed E-state index contributed by atoms with van der Waals surface area (Å²) in [6.07, 6.45) is 7.62. The molecule has 7 heteroatoms. The fraction of sp³-hybridized carbons (Fsp3) is 0.455. The number of benzene rings is 2. The van der Waals surface area contributed by atoms with Crippen molar-refractivity contribution in [2.75, 3.05) is 26.4 Å². The first-order chi connectivity index (χ1) is 19.3. The van der Waals surface area contributed by atoms with E-state index in [0.717, 1.165) is 74.2 Å². The van der Waals surface area contributed by atoms with Crippen molar-refractivity contribution in [3.63, 3.8) is 0 Å². The molecule has 0 aliphatic heterocycles. The minimum Gasteiger partial charge on any atom is -0.494 e. The number of carbonyl (C=O) groups is 2. The monoisotopic (exact) mass is 552 g/mol. The highest BCUT2D eigenvalue weighted by Gasteiger charge is 2.04. The number of esters is 2. The summed E-state index contributed by atoms with van der Waals surface area (Å²) < 4.78 is 27.7. The molecule has 0 spiro atoms. The third-order valence-electron chi connectivity index (χ3n) is 5.93. The summed E-state index contributed by atoms with van der Waals surface area (Å²) in [6, 6.07) is 15.6. The van der Waals surface area contributed by atoms with Crippen LogP contribution in [0.1, 0.15) is 70.8 Å². The third kappa shape index (κ3) is 14.4. The normalized spacial score (nSPS) is 10.4. The van der Waals surface area contributed by atoms with Gasteiger partial charge in [0.1, 0.15) is 23.9 Å². The Hall–Kier alpha value is -3.74. The van der Waals surface area contributed by atoms with E-state index in [1.807, 2.05) is 48.5 Å². The molecule has 0 saturated heterocycles. The van der Waals surface area contributed by atoms with Crippen molar-refractivity contribution in [2.45, 2.75) is 71.8 Å². The molecule has 0 amide bonds. The Balaban J connectivity index is 1.51. The van der Waals surface area contributed by atoms with E-state index < -0.39 is 0 Å². The Morgan fingerprint density at radius 1 is 0.525 bits per heavy atom. The highest BCUT2D eigenvalue weighted by Crippen LogP contribution is 2.20. The van der Waals surface area contributed by atoms with Crippen LogP contribution >= 0.6 is 0 Å². The maximum Gasteiger partial charge on any atom is 0.333 e. The van der Waals surface area contributed by atoms with Gasteiger partial charge in [-0.1, -0.05) is 25.3 Å². The predicted octanol–water partition coefficient (Wildman–Crippen LogP) is 7.38. The molecule has 0 aromatic heterocycles. The average molecular weight is 553 g/mol. The zero-order valence-electron chi connectivity index (χ0n) is 24.1. The molecular formula is C33H44O7. The van der Waals surface area contributed by atoms with Gasteiger partial charge >= 0.3 is 11.9 Å². The van der Waals surface area contributed by atoms with Gasteiger partial charge in [0, 0.05) is 11.1 Å². The molecule has 0 bridgehead atoms. The predicted molar refractivity (Wildman–Crippen MR) is 157 cm³/mol. The summed E-state index contributed by atoms with van der Waals surface area (Å²) in [5.74, 6) is 1.79. The van der Waals surface area contributed by atoms with E-state index in [4.69, 9.17) is 23.7 Å². The molecule has 0 aliphatic rings. The molecule has 0 unspecified atom stereocenters. The van der Waals surface area contributed by atoms with Crippen LogP contribution in [0.5, 0.6) is 17.2 Å². The van der Waals surface area contributed by atoms with E-state index in [1.165, 1.54) is 0 Å². The summed E-state index contributed by atoms with van der Waals surface area (Å²) in [6.45, 7) is 13.1. The van der Waals surface area contributed by atoms with Crippen molar-refractivity contribution in [3.8, 4) is 17.2 Å². The first-order valence-corrected chi connectivity index (χ1v) is 14.1. The molecule has 2 aromatic rings. The quantitative estimate of drug-likeness (QED) is 0.0908. The van der Waals surface area contributed by atoms with Crippen LogP contribution in [0.4, 0.5) is 0 Å². The van der Waals surface area contributed by atoms with Crippen LogP contribution in [0.3, 0.4) is 0 Å². The smallest absolute Gasteiger partial charge is 0.333 e. The van der Waals surface area contributed by atoms with Crippen LogP contribution in [0.25, 0.3) is 0 Å². The second kappa shape index (κ2) is 19.3. The maximum atomic E-state index is 11.3.